The van der Waals surface area contributed by atoms with Crippen molar-refractivity contribution in [1.29, 1.82) is 0 Å². The van der Waals surface area contributed by atoms with Crippen LogP contribution in [0.3, 0.4) is 0 Å². The molecule has 5 heteroatoms. The Morgan fingerprint density at radius 1 is 1.42 bits per heavy atom. The monoisotopic (exact) mass is 262 g/mol. The number of aliphatic carboxylic acids is 1. The van der Waals surface area contributed by atoms with E-state index in [9.17, 15) is 9.18 Å². The van der Waals surface area contributed by atoms with Gasteiger partial charge in [-0.1, -0.05) is 6.07 Å². The molecule has 0 aliphatic carbocycles. The van der Waals surface area contributed by atoms with Gasteiger partial charge in [-0.05, 0) is 36.7 Å². The molecule has 0 aliphatic rings. The highest BCUT2D eigenvalue weighted by molar-refractivity contribution is 5.81. The lowest BCUT2D eigenvalue weighted by Crippen LogP contribution is -2.16. The van der Waals surface area contributed by atoms with Gasteiger partial charge < -0.3 is 10.4 Å². The molecule has 0 unspecified atom stereocenters. The first-order chi connectivity index (χ1) is 9.16. The van der Waals surface area contributed by atoms with E-state index in [1.807, 2.05) is 6.07 Å². The van der Waals surface area contributed by atoms with Gasteiger partial charge in [-0.15, -0.1) is 0 Å². The van der Waals surface area contributed by atoms with Gasteiger partial charge in [0, 0.05) is 24.5 Å². The summed E-state index contributed by atoms with van der Waals surface area (Å²) >= 11 is 0. The Morgan fingerprint density at radius 3 is 3.05 bits per heavy atom. The molecule has 0 saturated carbocycles. The number of benzene rings is 1. The van der Waals surface area contributed by atoms with Crippen molar-refractivity contribution >= 4 is 16.9 Å². The minimum Gasteiger partial charge on any atom is -0.481 e. The van der Waals surface area contributed by atoms with Crippen molar-refractivity contribution < 1.29 is 14.3 Å². The van der Waals surface area contributed by atoms with Gasteiger partial charge in [0.15, 0.2) is 0 Å². The average Bonchev–Trinajstić information content (AvgIpc) is 2.37. The minimum atomic E-state index is -0.806. The molecular formula is C14H15FN2O2. The van der Waals surface area contributed by atoms with Crippen LogP contribution in [0.25, 0.3) is 10.9 Å². The quantitative estimate of drug-likeness (QED) is 0.784. The fourth-order valence-corrected chi connectivity index (χ4v) is 1.95. The topological polar surface area (TPSA) is 62.2 Å². The zero-order valence-corrected chi connectivity index (χ0v) is 10.4. The number of rotatable bonds is 6. The summed E-state index contributed by atoms with van der Waals surface area (Å²) < 4.78 is 13.4. The fraction of sp³-hybridized carbons (Fsp3) is 0.286. The van der Waals surface area contributed by atoms with Crippen LogP contribution in [-0.2, 0) is 11.3 Å². The van der Waals surface area contributed by atoms with Crippen LogP contribution < -0.4 is 5.32 Å². The average molecular weight is 262 g/mol. The van der Waals surface area contributed by atoms with Crippen molar-refractivity contribution in [2.24, 2.45) is 0 Å². The first-order valence-electron chi connectivity index (χ1n) is 6.12. The minimum absolute atomic E-state index is 0.134. The molecule has 0 aliphatic heterocycles. The van der Waals surface area contributed by atoms with E-state index < -0.39 is 5.97 Å². The molecule has 19 heavy (non-hydrogen) atoms. The molecule has 0 amide bonds. The van der Waals surface area contributed by atoms with Crippen molar-refractivity contribution in [3.8, 4) is 0 Å². The van der Waals surface area contributed by atoms with Crippen molar-refractivity contribution in [2.75, 3.05) is 6.54 Å². The summed E-state index contributed by atoms with van der Waals surface area (Å²) in [5.41, 5.74) is 1.56. The van der Waals surface area contributed by atoms with E-state index in [2.05, 4.69) is 10.3 Å². The van der Waals surface area contributed by atoms with Crippen LogP contribution in [0.15, 0.2) is 30.5 Å². The number of aromatic nitrogens is 1. The van der Waals surface area contributed by atoms with E-state index >= 15 is 0 Å². The fourth-order valence-electron chi connectivity index (χ4n) is 1.95. The third kappa shape index (κ3) is 3.72. The van der Waals surface area contributed by atoms with Gasteiger partial charge in [0.25, 0.3) is 0 Å². The maximum Gasteiger partial charge on any atom is 0.303 e. The number of nitrogens with one attached hydrogen (secondary N) is 1. The van der Waals surface area contributed by atoms with E-state index in [0.717, 1.165) is 16.5 Å². The summed E-state index contributed by atoms with van der Waals surface area (Å²) in [7, 11) is 0. The van der Waals surface area contributed by atoms with E-state index in [4.69, 9.17) is 5.11 Å². The largest absolute Gasteiger partial charge is 0.481 e. The van der Waals surface area contributed by atoms with Gasteiger partial charge in [0.1, 0.15) is 5.82 Å². The predicted octanol–water partition coefficient (Wildman–Crippen LogP) is 2.33. The Bertz CT molecular complexity index is 587. The molecule has 1 aromatic carbocycles. The Balaban J connectivity index is 2.02. The van der Waals surface area contributed by atoms with Crippen molar-refractivity contribution in [2.45, 2.75) is 19.4 Å². The normalized spacial score (nSPS) is 10.8. The summed E-state index contributed by atoms with van der Waals surface area (Å²) in [5, 5.41) is 12.4. The number of fused-ring (bicyclic) bond motifs is 1. The first-order valence-corrected chi connectivity index (χ1v) is 6.12. The predicted molar refractivity (Wildman–Crippen MR) is 70.3 cm³/mol. The molecule has 2 rings (SSSR count). The number of hydrogen-bond donors (Lipinski definition) is 2. The number of hydrogen-bond acceptors (Lipinski definition) is 3. The number of pyridine rings is 1. The van der Waals surface area contributed by atoms with E-state index in [-0.39, 0.29) is 12.2 Å². The molecule has 0 fully saturated rings. The molecule has 0 atom stereocenters. The van der Waals surface area contributed by atoms with E-state index in [1.165, 1.54) is 12.1 Å². The number of halogens is 1. The summed E-state index contributed by atoms with van der Waals surface area (Å²) in [6, 6.07) is 6.50. The number of carbonyl (C=O) groups is 1. The molecule has 0 bridgehead atoms. The number of carboxylic acids is 1. The maximum absolute atomic E-state index is 13.4. The zero-order valence-electron chi connectivity index (χ0n) is 10.4. The first kappa shape index (κ1) is 13.4. The van der Waals surface area contributed by atoms with Crippen LogP contribution >= 0.6 is 0 Å². The SMILES string of the molecule is O=C(O)CCCNCc1cc(F)cc2cccnc12. The molecule has 1 heterocycles. The van der Waals surface area contributed by atoms with Crippen molar-refractivity contribution in [3.63, 3.8) is 0 Å². The second-order valence-corrected chi connectivity index (χ2v) is 4.31. The molecule has 0 radical (unpaired) electrons. The molecule has 1 aromatic heterocycles. The van der Waals surface area contributed by atoms with Crippen LogP contribution in [0.1, 0.15) is 18.4 Å². The number of carboxylic acid groups (broad SMARTS) is 1. The van der Waals surface area contributed by atoms with E-state index in [0.29, 0.717) is 19.5 Å². The summed E-state index contributed by atoms with van der Waals surface area (Å²) in [6.07, 6.45) is 2.36. The van der Waals surface area contributed by atoms with Crippen LogP contribution in [0, 0.1) is 5.82 Å². The van der Waals surface area contributed by atoms with Crippen LogP contribution in [0.2, 0.25) is 0 Å². The molecule has 4 nitrogen and oxygen atoms in total. The highest BCUT2D eigenvalue weighted by Gasteiger charge is 2.05. The third-order valence-corrected chi connectivity index (χ3v) is 2.81. The van der Waals surface area contributed by atoms with Gasteiger partial charge in [-0.2, -0.15) is 0 Å². The lowest BCUT2D eigenvalue weighted by atomic mass is 10.1. The van der Waals surface area contributed by atoms with Gasteiger partial charge >= 0.3 is 5.97 Å². The summed E-state index contributed by atoms with van der Waals surface area (Å²) in [4.78, 5) is 14.6. The van der Waals surface area contributed by atoms with Gasteiger partial charge in [-0.25, -0.2) is 4.39 Å². The molecule has 0 saturated heterocycles. The van der Waals surface area contributed by atoms with Gasteiger partial charge in [-0.3, -0.25) is 9.78 Å². The van der Waals surface area contributed by atoms with Crippen molar-refractivity contribution in [3.05, 3.63) is 41.8 Å². The Morgan fingerprint density at radius 2 is 2.26 bits per heavy atom. The summed E-state index contributed by atoms with van der Waals surface area (Å²) in [5.74, 6) is -1.09. The van der Waals surface area contributed by atoms with Gasteiger partial charge in [0.05, 0.1) is 5.52 Å². The lowest BCUT2D eigenvalue weighted by molar-refractivity contribution is -0.137. The van der Waals surface area contributed by atoms with Crippen LogP contribution in [-0.4, -0.2) is 22.6 Å². The Hall–Kier alpha value is -2.01. The Labute approximate surface area is 110 Å². The highest BCUT2D eigenvalue weighted by atomic mass is 19.1. The standard InChI is InChI=1S/C14H15FN2O2/c15-12-7-10-3-1-6-17-14(10)11(8-12)9-16-5-2-4-13(18)19/h1,3,6-8,16H,2,4-5,9H2,(H,18,19). The summed E-state index contributed by atoms with van der Waals surface area (Å²) in [6.45, 7) is 1.06. The van der Waals surface area contributed by atoms with Crippen molar-refractivity contribution in [1.82, 2.24) is 10.3 Å². The zero-order chi connectivity index (χ0) is 13.7. The molecule has 0 spiro atoms. The number of nitrogens with zero attached hydrogens (tertiary/aromatic N) is 1. The van der Waals surface area contributed by atoms with Crippen LogP contribution in [0.4, 0.5) is 4.39 Å². The molecule has 2 aromatic rings. The highest BCUT2D eigenvalue weighted by Crippen LogP contribution is 2.18. The lowest BCUT2D eigenvalue weighted by Gasteiger charge is -2.07. The second kappa shape index (κ2) is 6.24. The van der Waals surface area contributed by atoms with Crippen LogP contribution in [0.5, 0.6) is 0 Å². The van der Waals surface area contributed by atoms with E-state index in [1.54, 1.807) is 12.3 Å². The maximum atomic E-state index is 13.4. The smallest absolute Gasteiger partial charge is 0.303 e. The molecular weight excluding hydrogens is 247 g/mol. The Kier molecular flexibility index (Phi) is 4.41. The third-order valence-electron chi connectivity index (χ3n) is 2.81. The molecule has 2 N–H and O–H groups in total. The van der Waals surface area contributed by atoms with Gasteiger partial charge in [0.2, 0.25) is 0 Å². The molecule has 100 valence electrons. The second-order valence-electron chi connectivity index (χ2n) is 4.31.